The van der Waals surface area contributed by atoms with Crippen molar-refractivity contribution in [3.8, 4) is 0 Å². The van der Waals surface area contributed by atoms with Gasteiger partial charge < -0.3 is 4.90 Å². The van der Waals surface area contributed by atoms with Crippen molar-refractivity contribution in [3.05, 3.63) is 46.5 Å². The van der Waals surface area contributed by atoms with Crippen LogP contribution < -0.4 is 0 Å². The first-order chi connectivity index (χ1) is 9.06. The molecule has 0 aromatic heterocycles. The van der Waals surface area contributed by atoms with Crippen LogP contribution in [0.3, 0.4) is 0 Å². The Morgan fingerprint density at radius 3 is 2.63 bits per heavy atom. The second kappa shape index (κ2) is 5.93. The monoisotopic (exact) mass is 320 g/mol. The third-order valence-corrected chi connectivity index (χ3v) is 3.33. The second-order valence-corrected chi connectivity index (χ2v) is 5.24. The average Bonchev–Trinajstić information content (AvgIpc) is 2.41. The smallest absolute Gasteiger partial charge is 0.269 e. The summed E-state index contributed by atoms with van der Waals surface area (Å²) >= 11 is 3.37. The highest BCUT2D eigenvalue weighted by Crippen LogP contribution is 2.13. The molecule has 0 N–H and O–H groups in total. The summed E-state index contributed by atoms with van der Waals surface area (Å²) in [5, 5.41) is 0. The molecule has 1 aromatic carbocycles. The number of rotatable bonds is 3. The summed E-state index contributed by atoms with van der Waals surface area (Å²) in [4.78, 5) is 28.3. The first kappa shape index (κ1) is 13.7. The molecule has 0 saturated heterocycles. The van der Waals surface area contributed by atoms with Crippen molar-refractivity contribution in [2.24, 2.45) is 10.9 Å². The van der Waals surface area contributed by atoms with Crippen LogP contribution in [-0.4, -0.2) is 30.0 Å². The molecule has 19 heavy (non-hydrogen) atoms. The van der Waals surface area contributed by atoms with E-state index in [1.54, 1.807) is 18.0 Å². The SMILES string of the molecule is CN(Cc1ccc(Br)cc1)C(=O)C1C=CC(=O)N=C1. The van der Waals surface area contributed by atoms with E-state index in [0.717, 1.165) is 10.0 Å². The number of dihydropyridines is 1. The maximum atomic E-state index is 12.1. The van der Waals surface area contributed by atoms with Crippen molar-refractivity contribution in [2.75, 3.05) is 7.05 Å². The van der Waals surface area contributed by atoms with E-state index in [-0.39, 0.29) is 11.8 Å². The van der Waals surface area contributed by atoms with E-state index in [9.17, 15) is 9.59 Å². The van der Waals surface area contributed by atoms with Crippen LogP contribution >= 0.6 is 15.9 Å². The van der Waals surface area contributed by atoms with E-state index in [1.807, 2.05) is 24.3 Å². The first-order valence-corrected chi connectivity index (χ1v) is 6.61. The van der Waals surface area contributed by atoms with Gasteiger partial charge in [0.15, 0.2) is 0 Å². The molecule has 5 heteroatoms. The van der Waals surface area contributed by atoms with Gasteiger partial charge in [0, 0.05) is 30.4 Å². The normalized spacial score (nSPS) is 17.6. The van der Waals surface area contributed by atoms with Gasteiger partial charge in [-0.05, 0) is 17.7 Å². The third kappa shape index (κ3) is 3.61. The van der Waals surface area contributed by atoms with E-state index in [0.29, 0.717) is 6.54 Å². The van der Waals surface area contributed by atoms with E-state index in [4.69, 9.17) is 0 Å². The fourth-order valence-electron chi connectivity index (χ4n) is 1.77. The summed E-state index contributed by atoms with van der Waals surface area (Å²) in [6, 6.07) is 7.80. The lowest BCUT2D eigenvalue weighted by atomic mass is 10.1. The molecule has 0 saturated carbocycles. The van der Waals surface area contributed by atoms with Gasteiger partial charge in [-0.2, -0.15) is 0 Å². The molecule has 98 valence electrons. The van der Waals surface area contributed by atoms with Crippen LogP contribution in [0.5, 0.6) is 0 Å². The van der Waals surface area contributed by atoms with Crippen molar-refractivity contribution in [2.45, 2.75) is 6.54 Å². The fraction of sp³-hybridized carbons (Fsp3) is 0.214. The maximum absolute atomic E-state index is 12.1. The quantitative estimate of drug-likeness (QED) is 0.857. The van der Waals surface area contributed by atoms with Gasteiger partial charge in [-0.3, -0.25) is 9.59 Å². The van der Waals surface area contributed by atoms with E-state index < -0.39 is 5.92 Å². The van der Waals surface area contributed by atoms with Crippen molar-refractivity contribution in [1.29, 1.82) is 0 Å². The summed E-state index contributed by atoms with van der Waals surface area (Å²) in [5.41, 5.74) is 1.05. The topological polar surface area (TPSA) is 49.7 Å². The molecular weight excluding hydrogens is 308 g/mol. The standard InChI is InChI=1S/C14H13BrN2O2/c1-17(9-10-2-5-12(15)6-3-10)14(19)11-4-7-13(18)16-8-11/h2-8,11H,9H2,1H3. The van der Waals surface area contributed by atoms with Crippen LogP contribution in [-0.2, 0) is 16.1 Å². The van der Waals surface area contributed by atoms with Crippen molar-refractivity contribution < 1.29 is 9.59 Å². The third-order valence-electron chi connectivity index (χ3n) is 2.80. The molecule has 1 aliphatic rings. The van der Waals surface area contributed by atoms with Crippen LogP contribution in [0.2, 0.25) is 0 Å². The number of nitrogens with zero attached hydrogens (tertiary/aromatic N) is 2. The molecule has 1 unspecified atom stereocenters. The molecule has 1 aliphatic heterocycles. The number of carbonyl (C=O) groups excluding carboxylic acids is 2. The lowest BCUT2D eigenvalue weighted by molar-refractivity contribution is -0.131. The molecule has 2 amide bonds. The molecule has 0 fully saturated rings. The molecule has 0 spiro atoms. The number of hydrogen-bond acceptors (Lipinski definition) is 2. The Labute approximate surface area is 120 Å². The van der Waals surface area contributed by atoms with Crippen molar-refractivity contribution in [3.63, 3.8) is 0 Å². The van der Waals surface area contributed by atoms with Gasteiger partial charge in [-0.25, -0.2) is 4.99 Å². The van der Waals surface area contributed by atoms with Crippen LogP contribution in [0.4, 0.5) is 0 Å². The minimum Gasteiger partial charge on any atom is -0.341 e. The van der Waals surface area contributed by atoms with E-state index in [2.05, 4.69) is 20.9 Å². The van der Waals surface area contributed by atoms with E-state index in [1.165, 1.54) is 12.3 Å². The van der Waals surface area contributed by atoms with Crippen LogP contribution in [0, 0.1) is 5.92 Å². The number of halogens is 1. The minimum atomic E-state index is -0.446. The van der Waals surface area contributed by atoms with Gasteiger partial charge in [-0.15, -0.1) is 0 Å². The first-order valence-electron chi connectivity index (χ1n) is 5.82. The van der Waals surface area contributed by atoms with Crippen molar-refractivity contribution >= 4 is 34.0 Å². The lowest BCUT2D eigenvalue weighted by Crippen LogP contribution is -2.33. The minimum absolute atomic E-state index is 0.0737. The zero-order chi connectivity index (χ0) is 13.8. The van der Waals surface area contributed by atoms with Gasteiger partial charge in [-0.1, -0.05) is 34.1 Å². The van der Waals surface area contributed by atoms with Crippen LogP contribution in [0.25, 0.3) is 0 Å². The zero-order valence-corrected chi connectivity index (χ0v) is 12.0. The molecule has 0 bridgehead atoms. The Bertz CT molecular complexity index is 533. The van der Waals surface area contributed by atoms with Gasteiger partial charge >= 0.3 is 0 Å². The predicted octanol–water partition coefficient (Wildman–Crippen LogP) is 2.19. The number of hydrogen-bond donors (Lipinski definition) is 0. The fourth-order valence-corrected chi connectivity index (χ4v) is 2.04. The lowest BCUT2D eigenvalue weighted by Gasteiger charge is -2.20. The van der Waals surface area contributed by atoms with Crippen molar-refractivity contribution in [1.82, 2.24) is 4.90 Å². The van der Waals surface area contributed by atoms with Crippen LogP contribution in [0.1, 0.15) is 5.56 Å². The zero-order valence-electron chi connectivity index (χ0n) is 10.4. The molecule has 4 nitrogen and oxygen atoms in total. The Kier molecular flexibility index (Phi) is 4.27. The number of aliphatic imine (C=N–C) groups is 1. The predicted molar refractivity (Wildman–Crippen MR) is 76.7 cm³/mol. The summed E-state index contributed by atoms with van der Waals surface area (Å²) in [7, 11) is 1.74. The highest BCUT2D eigenvalue weighted by atomic mass is 79.9. The van der Waals surface area contributed by atoms with Crippen LogP contribution in [0.15, 0.2) is 45.9 Å². The Morgan fingerprint density at radius 1 is 1.37 bits per heavy atom. The number of carbonyl (C=O) groups is 2. The highest BCUT2D eigenvalue weighted by Gasteiger charge is 2.20. The van der Waals surface area contributed by atoms with Gasteiger partial charge in [0.25, 0.3) is 5.91 Å². The number of benzene rings is 1. The van der Waals surface area contributed by atoms with Gasteiger partial charge in [0.05, 0.1) is 5.92 Å². The largest absolute Gasteiger partial charge is 0.341 e. The number of amides is 2. The molecule has 1 heterocycles. The molecule has 2 rings (SSSR count). The Hall–Kier alpha value is -1.75. The molecule has 0 aliphatic carbocycles. The Morgan fingerprint density at radius 2 is 2.05 bits per heavy atom. The average molecular weight is 321 g/mol. The summed E-state index contributed by atoms with van der Waals surface area (Å²) in [5.74, 6) is -0.840. The summed E-state index contributed by atoms with van der Waals surface area (Å²) in [6.07, 6.45) is 4.30. The summed E-state index contributed by atoms with van der Waals surface area (Å²) < 4.78 is 1.01. The molecule has 1 atom stereocenters. The highest BCUT2D eigenvalue weighted by molar-refractivity contribution is 9.10. The Balaban J connectivity index is 2.00. The molecule has 1 aromatic rings. The van der Waals surface area contributed by atoms with E-state index >= 15 is 0 Å². The molecule has 0 radical (unpaired) electrons. The summed E-state index contributed by atoms with van der Waals surface area (Å²) in [6.45, 7) is 0.526. The van der Waals surface area contributed by atoms with Gasteiger partial charge in [0.2, 0.25) is 5.91 Å². The second-order valence-electron chi connectivity index (χ2n) is 4.32. The molecular formula is C14H13BrN2O2. The van der Waals surface area contributed by atoms with Gasteiger partial charge in [0.1, 0.15) is 0 Å². The maximum Gasteiger partial charge on any atom is 0.269 e.